The molecular weight excluding hydrogens is 192 g/mol. The summed E-state index contributed by atoms with van der Waals surface area (Å²) in [5.74, 6) is -0.411. The summed E-state index contributed by atoms with van der Waals surface area (Å²) in [6.45, 7) is 0.451. The molecule has 1 amide bonds. The molecule has 0 radical (unpaired) electrons. The van der Waals surface area contributed by atoms with Crippen molar-refractivity contribution in [2.45, 2.75) is 6.42 Å². The van der Waals surface area contributed by atoms with Crippen LogP contribution in [0, 0.1) is 0 Å². The molecule has 2 N–H and O–H groups in total. The van der Waals surface area contributed by atoms with Crippen molar-refractivity contribution in [2.75, 3.05) is 6.54 Å². The normalized spacial score (nSPS) is 10.5. The second kappa shape index (κ2) is 5.82. The van der Waals surface area contributed by atoms with Gasteiger partial charge in [-0.3, -0.25) is 9.59 Å². The van der Waals surface area contributed by atoms with E-state index in [1.807, 2.05) is 0 Å². The summed E-state index contributed by atoms with van der Waals surface area (Å²) in [5, 5.41) is 0. The molecule has 0 fully saturated rings. The fourth-order valence-electron chi connectivity index (χ4n) is 1.09. The molecule has 0 heterocycles. The fraction of sp³-hybridized carbons (Fsp3) is 0.182. The first-order chi connectivity index (χ1) is 7.29. The van der Waals surface area contributed by atoms with E-state index in [4.69, 9.17) is 5.73 Å². The van der Waals surface area contributed by atoms with E-state index in [0.717, 1.165) is 0 Å². The van der Waals surface area contributed by atoms with Crippen molar-refractivity contribution in [3.63, 3.8) is 0 Å². The minimum absolute atomic E-state index is 0.320. The summed E-state index contributed by atoms with van der Waals surface area (Å²) in [7, 11) is 0. The molecule has 0 saturated carbocycles. The molecule has 0 saturated heterocycles. The first-order valence-electron chi connectivity index (χ1n) is 4.60. The van der Waals surface area contributed by atoms with E-state index in [9.17, 15) is 9.59 Å². The molecule has 0 bridgehead atoms. The number of aliphatic imine (C=N–C) groups is 1. The Morgan fingerprint density at radius 3 is 2.80 bits per heavy atom. The molecule has 1 rings (SSSR count). The van der Waals surface area contributed by atoms with E-state index < -0.39 is 5.91 Å². The summed E-state index contributed by atoms with van der Waals surface area (Å²) < 4.78 is 0. The van der Waals surface area contributed by atoms with Gasteiger partial charge in [-0.15, -0.1) is 0 Å². The first kappa shape index (κ1) is 11.3. The Bertz CT molecular complexity index is 386. The lowest BCUT2D eigenvalue weighted by molar-refractivity contribution is 0.0996. The maximum absolute atomic E-state index is 11.5. The van der Waals surface area contributed by atoms with Crippen LogP contribution in [0.3, 0.4) is 0 Å². The van der Waals surface area contributed by atoms with Gasteiger partial charge in [-0.2, -0.15) is 0 Å². The third-order valence-corrected chi connectivity index (χ3v) is 1.82. The van der Waals surface area contributed by atoms with Crippen LogP contribution in [0.1, 0.15) is 27.1 Å². The summed E-state index contributed by atoms with van der Waals surface area (Å²) in [6, 6.07) is 6.55. The average Bonchev–Trinajstić information content (AvgIpc) is 2.29. The monoisotopic (exact) mass is 204 g/mol. The maximum atomic E-state index is 11.5. The van der Waals surface area contributed by atoms with E-state index in [0.29, 0.717) is 30.4 Å². The number of hydrogen-bond donors (Lipinski definition) is 1. The topological polar surface area (TPSA) is 72.5 Å². The number of nitrogens with two attached hydrogens (primary N) is 1. The highest BCUT2D eigenvalue weighted by atomic mass is 16.1. The van der Waals surface area contributed by atoms with E-state index >= 15 is 0 Å². The molecule has 0 aliphatic carbocycles. The molecule has 78 valence electrons. The molecular formula is C11H12N2O2. The van der Waals surface area contributed by atoms with Crippen LogP contribution in [0.5, 0.6) is 0 Å². The van der Waals surface area contributed by atoms with E-state index in [2.05, 4.69) is 4.99 Å². The van der Waals surface area contributed by atoms with Crippen LogP contribution < -0.4 is 5.73 Å². The van der Waals surface area contributed by atoms with Gasteiger partial charge in [0.1, 0.15) is 0 Å². The van der Waals surface area contributed by atoms with Gasteiger partial charge in [0, 0.05) is 11.8 Å². The zero-order valence-electron chi connectivity index (χ0n) is 8.22. The van der Waals surface area contributed by atoms with Crippen molar-refractivity contribution in [3.05, 3.63) is 35.4 Å². The molecule has 0 aromatic heterocycles. The number of carbonyl (C=O) groups excluding carboxylic acids is 2. The summed E-state index contributed by atoms with van der Waals surface area (Å²) >= 11 is 0. The van der Waals surface area contributed by atoms with Gasteiger partial charge in [0.05, 0.1) is 5.56 Å². The Morgan fingerprint density at radius 1 is 1.40 bits per heavy atom. The molecule has 1 aromatic rings. The highest BCUT2D eigenvalue weighted by Gasteiger charge is 2.07. The number of aldehydes is 1. The van der Waals surface area contributed by atoms with Crippen molar-refractivity contribution in [1.82, 2.24) is 0 Å². The molecule has 4 nitrogen and oxygen atoms in total. The minimum atomic E-state index is -0.411. The van der Waals surface area contributed by atoms with Crippen LogP contribution in [0.15, 0.2) is 29.3 Å². The van der Waals surface area contributed by atoms with Crippen molar-refractivity contribution in [1.29, 1.82) is 0 Å². The zero-order valence-corrected chi connectivity index (χ0v) is 8.22. The molecule has 0 spiro atoms. The summed E-state index contributed by atoms with van der Waals surface area (Å²) in [4.78, 5) is 25.8. The average molecular weight is 204 g/mol. The predicted octanol–water partition coefficient (Wildman–Crippen LogP) is 1.06. The van der Waals surface area contributed by atoms with Gasteiger partial charge >= 0.3 is 0 Å². The van der Waals surface area contributed by atoms with Gasteiger partial charge < -0.3 is 5.73 Å². The predicted molar refractivity (Wildman–Crippen MR) is 58.3 cm³/mol. The molecule has 0 atom stereocenters. The van der Waals surface area contributed by atoms with E-state index in [1.54, 1.807) is 24.3 Å². The molecule has 0 unspecified atom stereocenters. The van der Waals surface area contributed by atoms with Crippen molar-refractivity contribution in [2.24, 2.45) is 10.7 Å². The van der Waals surface area contributed by atoms with Crippen LogP contribution in [-0.2, 0) is 0 Å². The lowest BCUT2D eigenvalue weighted by Gasteiger charge is -1.98. The Kier molecular flexibility index (Phi) is 4.37. The first-order valence-corrected chi connectivity index (χ1v) is 4.60. The van der Waals surface area contributed by atoms with E-state index in [-0.39, 0.29) is 0 Å². The number of nitrogens with zero attached hydrogens (tertiary/aromatic N) is 1. The van der Waals surface area contributed by atoms with E-state index in [1.165, 1.54) is 6.21 Å². The van der Waals surface area contributed by atoms with Gasteiger partial charge in [-0.1, -0.05) is 18.2 Å². The van der Waals surface area contributed by atoms with Crippen LogP contribution in [0.25, 0.3) is 0 Å². The fourth-order valence-corrected chi connectivity index (χ4v) is 1.09. The minimum Gasteiger partial charge on any atom is -0.330 e. The van der Waals surface area contributed by atoms with Crippen LogP contribution in [-0.4, -0.2) is 25.0 Å². The second-order valence-electron chi connectivity index (χ2n) is 2.90. The third kappa shape index (κ3) is 3.11. The SMILES string of the molecule is NCCC=NC(=O)c1ccccc1C=O. The van der Waals surface area contributed by atoms with Crippen molar-refractivity contribution >= 4 is 18.4 Å². The van der Waals surface area contributed by atoms with Gasteiger partial charge in [0.25, 0.3) is 5.91 Å². The maximum Gasteiger partial charge on any atom is 0.277 e. The van der Waals surface area contributed by atoms with Gasteiger partial charge in [-0.25, -0.2) is 4.99 Å². The number of carbonyl (C=O) groups is 2. The lowest BCUT2D eigenvalue weighted by Crippen LogP contribution is -2.03. The summed E-state index contributed by atoms with van der Waals surface area (Å²) in [6.07, 6.45) is 2.66. The standard InChI is InChI=1S/C11H12N2O2/c12-6-3-7-13-11(15)10-5-2-1-4-9(10)8-14/h1-2,4-5,7-8H,3,6,12H2. The molecule has 4 heteroatoms. The molecule has 0 aliphatic rings. The number of rotatable bonds is 4. The quantitative estimate of drug-likeness (QED) is 0.588. The Labute approximate surface area is 87.8 Å². The Hall–Kier alpha value is -1.81. The van der Waals surface area contributed by atoms with Gasteiger partial charge in [0.2, 0.25) is 0 Å². The molecule has 15 heavy (non-hydrogen) atoms. The van der Waals surface area contributed by atoms with Crippen molar-refractivity contribution < 1.29 is 9.59 Å². The lowest BCUT2D eigenvalue weighted by atomic mass is 10.1. The smallest absolute Gasteiger partial charge is 0.277 e. The van der Waals surface area contributed by atoms with Gasteiger partial charge in [0.15, 0.2) is 6.29 Å². The van der Waals surface area contributed by atoms with Gasteiger partial charge in [-0.05, 0) is 19.0 Å². The molecule has 0 aliphatic heterocycles. The Balaban J connectivity index is 2.86. The number of benzene rings is 1. The number of hydrogen-bond acceptors (Lipinski definition) is 3. The molecule has 1 aromatic carbocycles. The highest BCUT2D eigenvalue weighted by Crippen LogP contribution is 2.07. The van der Waals surface area contributed by atoms with Crippen molar-refractivity contribution in [3.8, 4) is 0 Å². The number of amides is 1. The third-order valence-electron chi connectivity index (χ3n) is 1.82. The highest BCUT2D eigenvalue weighted by molar-refractivity contribution is 6.04. The largest absolute Gasteiger partial charge is 0.330 e. The second-order valence-corrected chi connectivity index (χ2v) is 2.90. The van der Waals surface area contributed by atoms with Crippen LogP contribution in [0.2, 0.25) is 0 Å². The van der Waals surface area contributed by atoms with Crippen LogP contribution in [0.4, 0.5) is 0 Å². The Morgan fingerprint density at radius 2 is 2.13 bits per heavy atom. The summed E-state index contributed by atoms with van der Waals surface area (Å²) in [5.41, 5.74) is 5.93. The van der Waals surface area contributed by atoms with Crippen LogP contribution >= 0.6 is 0 Å². The zero-order chi connectivity index (χ0) is 11.1.